The number of nitrogens with two attached hydrogens (primary N) is 1. The summed E-state index contributed by atoms with van der Waals surface area (Å²) in [7, 11) is 2.14. The van der Waals surface area contributed by atoms with E-state index in [9.17, 15) is 0 Å². The molecule has 1 aliphatic rings. The predicted molar refractivity (Wildman–Crippen MR) is 76.1 cm³/mol. The lowest BCUT2D eigenvalue weighted by Crippen LogP contribution is -2.41. The quantitative estimate of drug-likeness (QED) is 0.887. The van der Waals surface area contributed by atoms with Gasteiger partial charge in [-0.25, -0.2) is 0 Å². The Morgan fingerprint density at radius 3 is 2.44 bits per heavy atom. The van der Waals surface area contributed by atoms with Crippen LogP contribution >= 0.6 is 0 Å². The molecule has 1 atom stereocenters. The molecule has 2 N–H and O–H groups in total. The minimum atomic E-state index is 0.131. The maximum atomic E-state index is 5.95. The Labute approximate surface area is 110 Å². The first kappa shape index (κ1) is 13.4. The average molecular weight is 248 g/mol. The smallest absolute Gasteiger partial charge is 0.0552 e. The number of hydrogen-bond acceptors (Lipinski definition) is 3. The van der Waals surface area contributed by atoms with Gasteiger partial charge in [0.1, 0.15) is 0 Å². The summed E-state index contributed by atoms with van der Waals surface area (Å²) >= 11 is 0. The van der Waals surface area contributed by atoms with Crippen molar-refractivity contribution >= 4 is 5.69 Å². The van der Waals surface area contributed by atoms with Gasteiger partial charge in [-0.05, 0) is 43.5 Å². The number of hydrogen-bond donors (Lipinski definition) is 1. The topological polar surface area (TPSA) is 38.5 Å². The van der Waals surface area contributed by atoms with Gasteiger partial charge in [-0.3, -0.25) is 0 Å². The van der Waals surface area contributed by atoms with E-state index in [1.165, 1.54) is 16.8 Å². The van der Waals surface area contributed by atoms with E-state index in [1.54, 1.807) is 0 Å². The molecule has 0 bridgehead atoms. The molecule has 1 fully saturated rings. The molecule has 1 saturated heterocycles. The average Bonchev–Trinajstić information content (AvgIpc) is 2.77. The van der Waals surface area contributed by atoms with Gasteiger partial charge in [0.2, 0.25) is 0 Å². The van der Waals surface area contributed by atoms with Crippen LogP contribution in [0.1, 0.15) is 17.5 Å². The zero-order valence-corrected chi connectivity index (χ0v) is 11.7. The van der Waals surface area contributed by atoms with Gasteiger partial charge in [0.05, 0.1) is 6.61 Å². The van der Waals surface area contributed by atoms with Gasteiger partial charge in [-0.2, -0.15) is 0 Å². The maximum absolute atomic E-state index is 5.95. The molecule has 0 saturated carbocycles. The summed E-state index contributed by atoms with van der Waals surface area (Å²) in [6.45, 7) is 7.58. The first-order valence-electron chi connectivity index (χ1n) is 6.62. The van der Waals surface area contributed by atoms with E-state index < -0.39 is 0 Å². The van der Waals surface area contributed by atoms with Gasteiger partial charge >= 0.3 is 0 Å². The van der Waals surface area contributed by atoms with Gasteiger partial charge < -0.3 is 15.4 Å². The molecule has 18 heavy (non-hydrogen) atoms. The summed E-state index contributed by atoms with van der Waals surface area (Å²) in [5, 5.41) is 0. The highest BCUT2D eigenvalue weighted by Gasteiger charge is 2.34. The number of aryl methyl sites for hydroxylation is 2. The van der Waals surface area contributed by atoms with Gasteiger partial charge in [-0.15, -0.1) is 0 Å². The van der Waals surface area contributed by atoms with Crippen molar-refractivity contribution in [3.05, 3.63) is 29.3 Å². The lowest BCUT2D eigenvalue weighted by molar-refractivity contribution is 0.157. The minimum absolute atomic E-state index is 0.131. The van der Waals surface area contributed by atoms with E-state index in [2.05, 4.69) is 44.0 Å². The summed E-state index contributed by atoms with van der Waals surface area (Å²) in [6, 6.07) is 6.66. The van der Waals surface area contributed by atoms with Crippen molar-refractivity contribution in [3.8, 4) is 0 Å². The number of ether oxygens (including phenoxy) is 1. The van der Waals surface area contributed by atoms with Gasteiger partial charge in [0, 0.05) is 37.8 Å². The van der Waals surface area contributed by atoms with Crippen LogP contribution in [0.4, 0.5) is 5.69 Å². The molecule has 1 unspecified atom stereocenters. The van der Waals surface area contributed by atoms with E-state index >= 15 is 0 Å². The lowest BCUT2D eigenvalue weighted by atomic mass is 9.87. The molecule has 0 amide bonds. The van der Waals surface area contributed by atoms with E-state index in [0.29, 0.717) is 6.54 Å². The standard InChI is InChI=1S/C15H24N2O/c1-12-6-13(2)8-14(7-12)17(3)10-15(9-16)4-5-18-11-15/h6-8H,4-5,9-11,16H2,1-3H3. The molecular formula is C15H24N2O. The van der Waals surface area contributed by atoms with Crippen LogP contribution in [0.15, 0.2) is 18.2 Å². The summed E-state index contributed by atoms with van der Waals surface area (Å²) in [5.41, 5.74) is 9.96. The Hall–Kier alpha value is -1.06. The van der Waals surface area contributed by atoms with Crippen molar-refractivity contribution in [2.45, 2.75) is 20.3 Å². The number of benzene rings is 1. The van der Waals surface area contributed by atoms with E-state index in [-0.39, 0.29) is 5.41 Å². The molecule has 0 radical (unpaired) electrons. The van der Waals surface area contributed by atoms with Crippen molar-refractivity contribution in [1.29, 1.82) is 0 Å². The zero-order valence-electron chi connectivity index (χ0n) is 11.7. The summed E-state index contributed by atoms with van der Waals surface area (Å²) < 4.78 is 5.53. The van der Waals surface area contributed by atoms with Crippen LogP contribution in [0.5, 0.6) is 0 Å². The fourth-order valence-corrected chi connectivity index (χ4v) is 2.77. The highest BCUT2D eigenvalue weighted by molar-refractivity contribution is 5.50. The molecule has 1 aromatic rings. The number of rotatable bonds is 4. The highest BCUT2D eigenvalue weighted by Crippen LogP contribution is 2.30. The summed E-state index contributed by atoms with van der Waals surface area (Å²) in [4.78, 5) is 2.31. The van der Waals surface area contributed by atoms with E-state index in [4.69, 9.17) is 10.5 Å². The summed E-state index contributed by atoms with van der Waals surface area (Å²) in [6.07, 6.45) is 1.07. The summed E-state index contributed by atoms with van der Waals surface area (Å²) in [5.74, 6) is 0. The van der Waals surface area contributed by atoms with Crippen molar-refractivity contribution in [2.24, 2.45) is 11.1 Å². The normalized spacial score (nSPS) is 23.3. The molecule has 1 aromatic carbocycles. The van der Waals surface area contributed by atoms with Crippen LogP contribution < -0.4 is 10.6 Å². The monoisotopic (exact) mass is 248 g/mol. The Balaban J connectivity index is 2.13. The van der Waals surface area contributed by atoms with Crippen molar-refractivity contribution in [1.82, 2.24) is 0 Å². The molecule has 100 valence electrons. The fourth-order valence-electron chi connectivity index (χ4n) is 2.77. The van der Waals surface area contributed by atoms with Crippen LogP contribution in [0.2, 0.25) is 0 Å². The second-order valence-corrected chi connectivity index (χ2v) is 5.71. The molecule has 2 rings (SSSR count). The third-order valence-corrected chi connectivity index (χ3v) is 3.84. The predicted octanol–water partition coefficient (Wildman–Crippen LogP) is 2.11. The van der Waals surface area contributed by atoms with Gasteiger partial charge in [0.15, 0.2) is 0 Å². The van der Waals surface area contributed by atoms with Crippen LogP contribution in [0.3, 0.4) is 0 Å². The van der Waals surface area contributed by atoms with Crippen molar-refractivity contribution in [2.75, 3.05) is 38.3 Å². The molecule has 0 aliphatic carbocycles. The Kier molecular flexibility index (Phi) is 3.93. The van der Waals surface area contributed by atoms with Gasteiger partial charge in [0.25, 0.3) is 0 Å². The molecule has 3 nitrogen and oxygen atoms in total. The second kappa shape index (κ2) is 5.29. The van der Waals surface area contributed by atoms with Crippen LogP contribution in [-0.2, 0) is 4.74 Å². The third kappa shape index (κ3) is 2.85. The third-order valence-electron chi connectivity index (χ3n) is 3.84. The zero-order chi connectivity index (χ0) is 13.2. The highest BCUT2D eigenvalue weighted by atomic mass is 16.5. The lowest BCUT2D eigenvalue weighted by Gasteiger charge is -2.32. The molecular weight excluding hydrogens is 224 g/mol. The molecule has 0 spiro atoms. The first-order valence-corrected chi connectivity index (χ1v) is 6.62. The van der Waals surface area contributed by atoms with Crippen molar-refractivity contribution < 1.29 is 4.74 Å². The Morgan fingerprint density at radius 2 is 1.94 bits per heavy atom. The number of anilines is 1. The van der Waals surface area contributed by atoms with Crippen LogP contribution in [0.25, 0.3) is 0 Å². The first-order chi connectivity index (χ1) is 8.54. The van der Waals surface area contributed by atoms with Crippen molar-refractivity contribution in [3.63, 3.8) is 0 Å². The van der Waals surface area contributed by atoms with E-state index in [1.807, 2.05) is 0 Å². The number of nitrogens with zero attached hydrogens (tertiary/aromatic N) is 1. The Morgan fingerprint density at radius 1 is 1.28 bits per heavy atom. The molecule has 3 heteroatoms. The fraction of sp³-hybridized carbons (Fsp3) is 0.600. The van der Waals surface area contributed by atoms with Crippen LogP contribution in [0, 0.1) is 19.3 Å². The SMILES string of the molecule is Cc1cc(C)cc(N(C)CC2(CN)CCOC2)c1. The molecule has 0 aromatic heterocycles. The van der Waals surface area contributed by atoms with Crippen LogP contribution in [-0.4, -0.2) is 33.4 Å². The second-order valence-electron chi connectivity index (χ2n) is 5.71. The minimum Gasteiger partial charge on any atom is -0.381 e. The van der Waals surface area contributed by atoms with E-state index in [0.717, 1.165) is 26.2 Å². The maximum Gasteiger partial charge on any atom is 0.0552 e. The Bertz CT molecular complexity index is 391. The molecule has 1 heterocycles. The van der Waals surface area contributed by atoms with Gasteiger partial charge in [-0.1, -0.05) is 6.07 Å². The largest absolute Gasteiger partial charge is 0.381 e. The molecule has 1 aliphatic heterocycles.